The summed E-state index contributed by atoms with van der Waals surface area (Å²) in [5, 5.41) is 3.93. The van der Waals surface area contributed by atoms with Crippen LogP contribution in [0.15, 0.2) is 59.5 Å². The van der Waals surface area contributed by atoms with Gasteiger partial charge in [-0.2, -0.15) is 0 Å². The Morgan fingerprint density at radius 1 is 1.07 bits per heavy atom. The summed E-state index contributed by atoms with van der Waals surface area (Å²) in [6, 6.07) is 18.3. The van der Waals surface area contributed by atoms with Crippen molar-refractivity contribution in [2.45, 2.75) is 36.0 Å². The monoisotopic (exact) mass is 403 g/mol. The van der Waals surface area contributed by atoms with Crippen molar-refractivity contribution in [3.63, 3.8) is 0 Å². The standard InChI is InChI=1S/C22H26ClNO2S/c23-19-8-10-20(11-9-19)27-16-4-7-21(25)24-17-22(12-14-26-15-13-22)18-5-2-1-3-6-18/h1-3,5-6,8-11H,4,7,12-17H2,(H,24,25). The SMILES string of the molecule is O=C(CCCSc1ccc(Cl)cc1)NCC1(c2ccccc2)CCOCC1. The first-order valence-corrected chi connectivity index (χ1v) is 10.8. The predicted molar refractivity (Wildman–Crippen MR) is 113 cm³/mol. The van der Waals surface area contributed by atoms with Crippen LogP contribution >= 0.6 is 23.4 Å². The molecule has 1 amide bonds. The number of amides is 1. The first-order chi connectivity index (χ1) is 13.2. The van der Waals surface area contributed by atoms with Crippen LogP contribution in [0.3, 0.4) is 0 Å². The lowest BCUT2D eigenvalue weighted by Gasteiger charge is -2.38. The number of thioether (sulfide) groups is 1. The molecule has 0 aromatic heterocycles. The van der Waals surface area contributed by atoms with Gasteiger partial charge in [0.1, 0.15) is 0 Å². The Bertz CT molecular complexity index is 715. The maximum absolute atomic E-state index is 12.3. The van der Waals surface area contributed by atoms with E-state index in [9.17, 15) is 4.79 Å². The van der Waals surface area contributed by atoms with Crippen LogP contribution in [0.4, 0.5) is 0 Å². The fourth-order valence-corrected chi connectivity index (χ4v) is 4.41. The molecule has 27 heavy (non-hydrogen) atoms. The molecule has 144 valence electrons. The quantitative estimate of drug-likeness (QED) is 0.493. The minimum absolute atomic E-state index is 0.00672. The van der Waals surface area contributed by atoms with Gasteiger partial charge in [0, 0.05) is 41.5 Å². The second-order valence-corrected chi connectivity index (χ2v) is 8.55. The Balaban J connectivity index is 1.44. The number of halogens is 1. The zero-order valence-electron chi connectivity index (χ0n) is 15.5. The largest absolute Gasteiger partial charge is 0.381 e. The third-order valence-corrected chi connectivity index (χ3v) is 6.44. The van der Waals surface area contributed by atoms with Crippen molar-refractivity contribution in [3.8, 4) is 0 Å². The molecule has 0 saturated carbocycles. The number of carbonyl (C=O) groups is 1. The van der Waals surface area contributed by atoms with Crippen molar-refractivity contribution < 1.29 is 9.53 Å². The van der Waals surface area contributed by atoms with Crippen LogP contribution in [0.1, 0.15) is 31.2 Å². The summed E-state index contributed by atoms with van der Waals surface area (Å²) in [6.07, 6.45) is 3.32. The van der Waals surface area contributed by atoms with Gasteiger partial charge in [-0.25, -0.2) is 0 Å². The number of hydrogen-bond acceptors (Lipinski definition) is 3. The Kier molecular flexibility index (Phi) is 7.62. The van der Waals surface area contributed by atoms with E-state index in [4.69, 9.17) is 16.3 Å². The maximum atomic E-state index is 12.3. The van der Waals surface area contributed by atoms with Crippen molar-refractivity contribution in [3.05, 3.63) is 65.2 Å². The van der Waals surface area contributed by atoms with Gasteiger partial charge in [0.25, 0.3) is 0 Å². The summed E-state index contributed by atoms with van der Waals surface area (Å²) in [7, 11) is 0. The molecule has 2 aromatic carbocycles. The molecule has 3 nitrogen and oxygen atoms in total. The van der Waals surface area contributed by atoms with E-state index in [0.717, 1.165) is 43.3 Å². The van der Waals surface area contributed by atoms with E-state index in [2.05, 4.69) is 29.6 Å². The summed E-state index contributed by atoms with van der Waals surface area (Å²) in [5.74, 6) is 1.06. The first kappa shape index (κ1) is 20.2. The highest BCUT2D eigenvalue weighted by Crippen LogP contribution is 2.34. The fraction of sp³-hybridized carbons (Fsp3) is 0.409. The number of carbonyl (C=O) groups excluding carboxylic acids is 1. The van der Waals surface area contributed by atoms with E-state index in [1.54, 1.807) is 11.8 Å². The van der Waals surface area contributed by atoms with Crippen LogP contribution in [0.5, 0.6) is 0 Å². The summed E-state index contributed by atoms with van der Waals surface area (Å²) >= 11 is 7.66. The Labute approximate surface area is 170 Å². The van der Waals surface area contributed by atoms with Crippen molar-refractivity contribution >= 4 is 29.3 Å². The molecule has 0 radical (unpaired) electrons. The van der Waals surface area contributed by atoms with Crippen LogP contribution < -0.4 is 5.32 Å². The lowest BCUT2D eigenvalue weighted by atomic mass is 9.74. The molecule has 0 bridgehead atoms. The van der Waals surface area contributed by atoms with Gasteiger partial charge in [-0.1, -0.05) is 41.9 Å². The van der Waals surface area contributed by atoms with Crippen molar-refractivity contribution in [1.82, 2.24) is 5.32 Å². The molecular weight excluding hydrogens is 378 g/mol. The number of benzene rings is 2. The minimum atomic E-state index is -0.00672. The molecule has 1 heterocycles. The van der Waals surface area contributed by atoms with Crippen LogP contribution in [0.2, 0.25) is 5.02 Å². The van der Waals surface area contributed by atoms with E-state index in [1.807, 2.05) is 30.3 Å². The van der Waals surface area contributed by atoms with Gasteiger partial charge >= 0.3 is 0 Å². The molecule has 1 saturated heterocycles. The highest BCUT2D eigenvalue weighted by Gasteiger charge is 2.34. The molecule has 0 spiro atoms. The lowest BCUT2D eigenvalue weighted by molar-refractivity contribution is -0.121. The summed E-state index contributed by atoms with van der Waals surface area (Å²) < 4.78 is 5.56. The van der Waals surface area contributed by atoms with Crippen LogP contribution in [0, 0.1) is 0 Å². The highest BCUT2D eigenvalue weighted by molar-refractivity contribution is 7.99. The zero-order valence-corrected chi connectivity index (χ0v) is 17.0. The van der Waals surface area contributed by atoms with E-state index in [1.165, 1.54) is 10.5 Å². The van der Waals surface area contributed by atoms with E-state index < -0.39 is 0 Å². The molecule has 5 heteroatoms. The Hall–Kier alpha value is -1.49. The van der Waals surface area contributed by atoms with E-state index in [0.29, 0.717) is 13.0 Å². The van der Waals surface area contributed by atoms with Gasteiger partial charge in [0.15, 0.2) is 0 Å². The van der Waals surface area contributed by atoms with Crippen molar-refractivity contribution in [2.24, 2.45) is 0 Å². The second kappa shape index (κ2) is 10.2. The van der Waals surface area contributed by atoms with Gasteiger partial charge in [-0.3, -0.25) is 4.79 Å². The number of nitrogens with one attached hydrogen (secondary N) is 1. The van der Waals surface area contributed by atoms with E-state index in [-0.39, 0.29) is 11.3 Å². The van der Waals surface area contributed by atoms with Crippen LogP contribution in [0.25, 0.3) is 0 Å². The molecule has 1 N–H and O–H groups in total. The topological polar surface area (TPSA) is 38.3 Å². The highest BCUT2D eigenvalue weighted by atomic mass is 35.5. The summed E-state index contributed by atoms with van der Waals surface area (Å²) in [6.45, 7) is 2.19. The number of hydrogen-bond donors (Lipinski definition) is 1. The molecule has 1 aliphatic heterocycles. The first-order valence-electron chi connectivity index (χ1n) is 9.46. The third-order valence-electron chi connectivity index (χ3n) is 5.09. The van der Waals surface area contributed by atoms with Crippen molar-refractivity contribution in [2.75, 3.05) is 25.5 Å². The number of rotatable bonds is 8. The molecule has 1 fully saturated rings. The minimum Gasteiger partial charge on any atom is -0.381 e. The zero-order chi connectivity index (χ0) is 19.0. The lowest BCUT2D eigenvalue weighted by Crippen LogP contribution is -2.44. The van der Waals surface area contributed by atoms with E-state index >= 15 is 0 Å². The Morgan fingerprint density at radius 3 is 2.48 bits per heavy atom. The molecule has 2 aromatic rings. The molecule has 0 aliphatic carbocycles. The fourth-order valence-electron chi connectivity index (χ4n) is 3.43. The average molecular weight is 404 g/mol. The smallest absolute Gasteiger partial charge is 0.220 e. The average Bonchev–Trinajstić information content (AvgIpc) is 2.72. The Morgan fingerprint density at radius 2 is 1.78 bits per heavy atom. The normalized spacial score (nSPS) is 16.0. The van der Waals surface area contributed by atoms with Gasteiger partial charge in [-0.15, -0.1) is 11.8 Å². The van der Waals surface area contributed by atoms with Gasteiger partial charge in [0.2, 0.25) is 5.91 Å². The van der Waals surface area contributed by atoms with Crippen LogP contribution in [-0.4, -0.2) is 31.4 Å². The van der Waals surface area contributed by atoms with Crippen LogP contribution in [-0.2, 0) is 14.9 Å². The summed E-state index contributed by atoms with van der Waals surface area (Å²) in [4.78, 5) is 13.5. The molecule has 1 aliphatic rings. The molecule has 3 rings (SSSR count). The maximum Gasteiger partial charge on any atom is 0.220 e. The predicted octanol–water partition coefficient (Wildman–Crippen LogP) is 5.08. The molecule has 0 unspecified atom stereocenters. The van der Waals surface area contributed by atoms with Gasteiger partial charge < -0.3 is 10.1 Å². The molecule has 0 atom stereocenters. The molecular formula is C22H26ClNO2S. The second-order valence-electron chi connectivity index (χ2n) is 6.94. The summed E-state index contributed by atoms with van der Waals surface area (Å²) in [5.41, 5.74) is 1.29. The van der Waals surface area contributed by atoms with Gasteiger partial charge in [0.05, 0.1) is 0 Å². The van der Waals surface area contributed by atoms with Crippen molar-refractivity contribution in [1.29, 1.82) is 0 Å². The third kappa shape index (κ3) is 6.00. The van der Waals surface area contributed by atoms with Gasteiger partial charge in [-0.05, 0) is 54.8 Å². The number of ether oxygens (including phenoxy) is 1.